The van der Waals surface area contributed by atoms with Crippen LogP contribution < -0.4 is 8.92 Å². The van der Waals surface area contributed by atoms with Crippen molar-refractivity contribution in [1.29, 1.82) is 0 Å². The summed E-state index contributed by atoms with van der Waals surface area (Å²) in [6.07, 6.45) is 2.56. The molecule has 0 fully saturated rings. The quantitative estimate of drug-likeness (QED) is 0.303. The van der Waals surface area contributed by atoms with Crippen LogP contribution in [0.5, 0.6) is 11.5 Å². The fourth-order valence-electron chi connectivity index (χ4n) is 4.12. The Labute approximate surface area is 196 Å². The third kappa shape index (κ3) is 4.82. The maximum Gasteiger partial charge on any atom is 0.534 e. The summed E-state index contributed by atoms with van der Waals surface area (Å²) in [6, 6.07) is 19.7. The Morgan fingerprint density at radius 1 is 0.824 bits per heavy atom. The summed E-state index contributed by atoms with van der Waals surface area (Å²) in [5.74, 6) is 0.347. The number of fused-ring (bicyclic) bond motifs is 1. The summed E-state index contributed by atoms with van der Waals surface area (Å²) in [5, 5.41) is 0. The van der Waals surface area contributed by atoms with Crippen molar-refractivity contribution in [3.63, 3.8) is 0 Å². The molecule has 0 N–H and O–H groups in total. The predicted molar refractivity (Wildman–Crippen MR) is 125 cm³/mol. The molecule has 0 amide bonds. The molecule has 0 heterocycles. The highest BCUT2D eigenvalue weighted by Crippen LogP contribution is 2.41. The van der Waals surface area contributed by atoms with Crippen LogP contribution in [0.25, 0.3) is 11.1 Å². The largest absolute Gasteiger partial charge is 0.534 e. The minimum atomic E-state index is -5.73. The van der Waals surface area contributed by atoms with Gasteiger partial charge < -0.3 is 8.92 Å². The molecule has 0 saturated heterocycles. The number of halogens is 3. The Hall–Kier alpha value is -3.26. The molecule has 1 aliphatic rings. The molecule has 1 aliphatic carbocycles. The number of allylic oxidation sites excluding steroid dienone is 1. The van der Waals surface area contributed by atoms with Gasteiger partial charge in [-0.25, -0.2) is 0 Å². The van der Waals surface area contributed by atoms with Gasteiger partial charge in [0.05, 0.1) is 7.11 Å². The lowest BCUT2D eigenvalue weighted by Gasteiger charge is -2.18. The number of ether oxygens (including phenoxy) is 1. The maximum absolute atomic E-state index is 12.7. The van der Waals surface area contributed by atoms with Gasteiger partial charge in [-0.3, -0.25) is 0 Å². The monoisotopic (exact) mass is 488 g/mol. The molecule has 178 valence electrons. The van der Waals surface area contributed by atoms with Gasteiger partial charge in [-0.2, -0.15) is 21.6 Å². The van der Waals surface area contributed by atoms with E-state index in [-0.39, 0.29) is 0 Å². The number of methoxy groups -OCH3 is 1. The number of rotatable bonds is 5. The van der Waals surface area contributed by atoms with E-state index < -0.39 is 21.4 Å². The van der Waals surface area contributed by atoms with Gasteiger partial charge in [0.1, 0.15) is 11.5 Å². The van der Waals surface area contributed by atoms with Gasteiger partial charge in [0.25, 0.3) is 0 Å². The molecule has 3 aromatic rings. The highest BCUT2D eigenvalue weighted by molar-refractivity contribution is 7.88. The molecule has 34 heavy (non-hydrogen) atoms. The summed E-state index contributed by atoms with van der Waals surface area (Å²) >= 11 is 0. The van der Waals surface area contributed by atoms with E-state index in [0.29, 0.717) is 0 Å². The molecule has 0 saturated carbocycles. The van der Waals surface area contributed by atoms with E-state index in [9.17, 15) is 21.6 Å². The van der Waals surface area contributed by atoms with E-state index >= 15 is 0 Å². The van der Waals surface area contributed by atoms with E-state index in [4.69, 9.17) is 4.74 Å². The average molecular weight is 489 g/mol. The zero-order chi connectivity index (χ0) is 24.5. The SMILES string of the molecule is COc1ccc2c(c1)CCCC(c1ccc(C)cc1)=C2c1ccc(OS(=O)(=O)C(F)(F)F)cc1. The molecular weight excluding hydrogens is 465 g/mol. The van der Waals surface area contributed by atoms with Gasteiger partial charge in [-0.1, -0.05) is 48.0 Å². The van der Waals surface area contributed by atoms with Crippen LogP contribution in [-0.4, -0.2) is 21.0 Å². The number of aryl methyl sites for hydroxylation is 2. The Bertz CT molecular complexity index is 1320. The van der Waals surface area contributed by atoms with Crippen molar-refractivity contribution < 1.29 is 30.5 Å². The first-order valence-corrected chi connectivity index (χ1v) is 12.1. The molecule has 0 atom stereocenters. The van der Waals surface area contributed by atoms with E-state index in [1.807, 2.05) is 37.3 Å². The van der Waals surface area contributed by atoms with Crippen molar-refractivity contribution in [1.82, 2.24) is 0 Å². The van der Waals surface area contributed by atoms with Crippen molar-refractivity contribution in [2.45, 2.75) is 31.7 Å². The fourth-order valence-corrected chi connectivity index (χ4v) is 4.57. The van der Waals surface area contributed by atoms with Crippen molar-refractivity contribution in [3.8, 4) is 11.5 Å². The molecule has 0 unspecified atom stereocenters. The lowest BCUT2D eigenvalue weighted by Crippen LogP contribution is -2.28. The Balaban J connectivity index is 1.84. The Kier molecular flexibility index (Phi) is 6.45. The maximum atomic E-state index is 12.7. The van der Waals surface area contributed by atoms with Gasteiger partial charge in [0.2, 0.25) is 0 Å². The van der Waals surface area contributed by atoms with Gasteiger partial charge in [0, 0.05) is 0 Å². The first-order valence-electron chi connectivity index (χ1n) is 10.7. The van der Waals surface area contributed by atoms with E-state index in [0.717, 1.165) is 64.0 Å². The molecule has 0 aromatic heterocycles. The van der Waals surface area contributed by atoms with Crippen molar-refractivity contribution in [2.75, 3.05) is 7.11 Å². The zero-order valence-electron chi connectivity index (χ0n) is 18.6. The second-order valence-corrected chi connectivity index (χ2v) is 9.64. The lowest BCUT2D eigenvalue weighted by molar-refractivity contribution is -0.0500. The average Bonchev–Trinajstić information content (AvgIpc) is 2.98. The minimum absolute atomic E-state index is 0.401. The van der Waals surface area contributed by atoms with Crippen LogP contribution in [0.4, 0.5) is 13.2 Å². The van der Waals surface area contributed by atoms with Crippen LogP contribution in [-0.2, 0) is 16.5 Å². The van der Waals surface area contributed by atoms with Gasteiger partial charge in [-0.15, -0.1) is 0 Å². The predicted octanol–water partition coefficient (Wildman–Crippen LogP) is 6.53. The molecule has 0 spiro atoms. The fraction of sp³-hybridized carbons (Fsp3) is 0.231. The highest BCUT2D eigenvalue weighted by Gasteiger charge is 2.48. The minimum Gasteiger partial charge on any atom is -0.497 e. The zero-order valence-corrected chi connectivity index (χ0v) is 19.5. The number of hydrogen-bond acceptors (Lipinski definition) is 4. The van der Waals surface area contributed by atoms with Crippen LogP contribution in [0, 0.1) is 6.92 Å². The second kappa shape index (κ2) is 9.18. The van der Waals surface area contributed by atoms with Gasteiger partial charge in [-0.05, 0) is 83.9 Å². The lowest BCUT2D eigenvalue weighted by atomic mass is 9.87. The van der Waals surface area contributed by atoms with E-state index in [1.54, 1.807) is 19.2 Å². The Morgan fingerprint density at radius 2 is 1.44 bits per heavy atom. The van der Waals surface area contributed by atoms with Crippen LogP contribution in [0.1, 0.15) is 40.7 Å². The highest BCUT2D eigenvalue weighted by atomic mass is 32.2. The first-order chi connectivity index (χ1) is 16.1. The standard InChI is InChI=1S/C26H23F3O4S/c1-17-6-8-18(9-7-17)23-5-3-4-20-16-22(32-2)14-15-24(20)25(23)19-10-12-21(13-11-19)33-34(30,31)26(27,28)29/h6-16H,3-5H2,1-2H3. The first kappa shape index (κ1) is 23.9. The van der Waals surface area contributed by atoms with Crippen LogP contribution in [0.2, 0.25) is 0 Å². The van der Waals surface area contributed by atoms with E-state index in [2.05, 4.69) is 16.3 Å². The molecule has 0 bridgehead atoms. The number of benzene rings is 3. The van der Waals surface area contributed by atoms with Gasteiger partial charge >= 0.3 is 15.6 Å². The molecule has 4 nitrogen and oxygen atoms in total. The van der Waals surface area contributed by atoms with Gasteiger partial charge in [0.15, 0.2) is 0 Å². The topological polar surface area (TPSA) is 52.6 Å². The molecular formula is C26H23F3O4S. The van der Waals surface area contributed by atoms with Crippen LogP contribution >= 0.6 is 0 Å². The smallest absolute Gasteiger partial charge is 0.497 e. The molecule has 4 rings (SSSR count). The van der Waals surface area contributed by atoms with Crippen molar-refractivity contribution >= 4 is 21.3 Å². The van der Waals surface area contributed by atoms with E-state index in [1.165, 1.54) is 12.1 Å². The molecule has 3 aromatic carbocycles. The van der Waals surface area contributed by atoms with Crippen molar-refractivity contribution in [3.05, 3.63) is 94.5 Å². The molecule has 0 radical (unpaired) electrons. The Morgan fingerprint density at radius 3 is 2.06 bits per heavy atom. The summed E-state index contributed by atoms with van der Waals surface area (Å²) in [4.78, 5) is 0. The third-order valence-corrected chi connectivity index (χ3v) is 6.77. The normalized spacial score (nSPS) is 14.4. The van der Waals surface area contributed by atoms with Crippen LogP contribution in [0.15, 0.2) is 66.7 Å². The summed E-state index contributed by atoms with van der Waals surface area (Å²) < 4.78 is 70.5. The third-order valence-electron chi connectivity index (χ3n) is 5.79. The van der Waals surface area contributed by atoms with Crippen molar-refractivity contribution in [2.24, 2.45) is 0 Å². The molecule has 0 aliphatic heterocycles. The molecule has 8 heteroatoms. The number of hydrogen-bond donors (Lipinski definition) is 0. The summed E-state index contributed by atoms with van der Waals surface area (Å²) in [7, 11) is -4.12. The summed E-state index contributed by atoms with van der Waals surface area (Å²) in [6.45, 7) is 2.02. The summed E-state index contributed by atoms with van der Waals surface area (Å²) in [5.41, 5.74) is 1.63. The second-order valence-electron chi connectivity index (χ2n) is 8.10. The number of alkyl halides is 3. The van der Waals surface area contributed by atoms with Crippen LogP contribution in [0.3, 0.4) is 0 Å².